The number of hydrogen-bond donors (Lipinski definition) is 2. The van der Waals surface area contributed by atoms with E-state index in [1.807, 2.05) is 4.90 Å². The first-order chi connectivity index (χ1) is 10.9. The molecule has 0 saturated carbocycles. The van der Waals surface area contributed by atoms with Crippen molar-refractivity contribution in [3.63, 3.8) is 0 Å². The van der Waals surface area contributed by atoms with Gasteiger partial charge in [0.2, 0.25) is 5.91 Å². The molecule has 124 valence electrons. The average molecular weight is 319 g/mol. The van der Waals surface area contributed by atoms with Crippen molar-refractivity contribution in [3.05, 3.63) is 23.9 Å². The average Bonchev–Trinajstić information content (AvgIpc) is 2.53. The van der Waals surface area contributed by atoms with Crippen LogP contribution in [0.1, 0.15) is 29.6 Å². The van der Waals surface area contributed by atoms with Crippen LogP contribution < -0.4 is 4.90 Å². The maximum absolute atomic E-state index is 12.6. The van der Waals surface area contributed by atoms with Crippen molar-refractivity contribution in [2.75, 3.05) is 31.6 Å². The van der Waals surface area contributed by atoms with Gasteiger partial charge in [-0.05, 0) is 31.4 Å². The number of carboxylic acids is 1. The summed E-state index contributed by atoms with van der Waals surface area (Å²) in [5, 5.41) is 19.3. The molecular weight excluding hydrogens is 298 g/mol. The molecule has 1 aromatic rings. The second kappa shape index (κ2) is 5.81. The minimum atomic E-state index is -1.00. The summed E-state index contributed by atoms with van der Waals surface area (Å²) in [6.07, 6.45) is 2.77. The van der Waals surface area contributed by atoms with Crippen molar-refractivity contribution in [1.29, 1.82) is 0 Å². The van der Waals surface area contributed by atoms with Gasteiger partial charge in [0.25, 0.3) is 0 Å². The summed E-state index contributed by atoms with van der Waals surface area (Å²) in [5.41, 5.74) is -0.350. The van der Waals surface area contributed by atoms with Gasteiger partial charge in [0.05, 0.1) is 11.5 Å². The van der Waals surface area contributed by atoms with Crippen LogP contribution >= 0.6 is 0 Å². The molecule has 3 heterocycles. The van der Waals surface area contributed by atoms with Crippen LogP contribution in [0.25, 0.3) is 0 Å². The second-order valence-corrected chi connectivity index (χ2v) is 6.49. The minimum Gasteiger partial charge on any atom is -0.478 e. The fourth-order valence-electron chi connectivity index (χ4n) is 3.79. The van der Waals surface area contributed by atoms with E-state index in [-0.39, 0.29) is 11.5 Å². The molecule has 1 atom stereocenters. The number of carboxylic acid groups (broad SMARTS) is 1. The van der Waals surface area contributed by atoms with E-state index >= 15 is 0 Å². The van der Waals surface area contributed by atoms with Crippen molar-refractivity contribution in [2.45, 2.75) is 25.4 Å². The number of aromatic nitrogens is 1. The number of aliphatic hydroxyl groups is 1. The van der Waals surface area contributed by atoms with Gasteiger partial charge in [-0.15, -0.1) is 0 Å². The number of aliphatic hydroxyl groups excluding tert-OH is 1. The van der Waals surface area contributed by atoms with Gasteiger partial charge in [-0.2, -0.15) is 0 Å². The highest BCUT2D eigenvalue weighted by Gasteiger charge is 2.47. The molecule has 2 fully saturated rings. The molecule has 1 unspecified atom stereocenters. The maximum atomic E-state index is 12.6. The van der Waals surface area contributed by atoms with Crippen molar-refractivity contribution < 1.29 is 19.8 Å². The van der Waals surface area contributed by atoms with Gasteiger partial charge in [0.15, 0.2) is 0 Å². The van der Waals surface area contributed by atoms with Crippen LogP contribution in [-0.4, -0.2) is 64.8 Å². The Morgan fingerprint density at radius 1 is 1.39 bits per heavy atom. The summed E-state index contributed by atoms with van der Waals surface area (Å²) in [6.45, 7) is 1.50. The molecule has 0 aromatic carbocycles. The van der Waals surface area contributed by atoms with Crippen molar-refractivity contribution >= 4 is 17.7 Å². The molecule has 2 aliphatic rings. The third-order valence-electron chi connectivity index (χ3n) is 4.95. The number of aromatic carboxylic acids is 1. The predicted octanol–water partition coefficient (Wildman–Crippen LogP) is 0.589. The van der Waals surface area contributed by atoms with E-state index in [2.05, 4.69) is 4.98 Å². The van der Waals surface area contributed by atoms with E-state index in [4.69, 9.17) is 0 Å². The number of likely N-dealkylation sites (N-methyl/N-ethyl adjacent to an activating group) is 1. The third kappa shape index (κ3) is 2.76. The van der Waals surface area contributed by atoms with Crippen LogP contribution in [0.2, 0.25) is 0 Å². The summed E-state index contributed by atoms with van der Waals surface area (Å²) in [5.74, 6) is -0.466. The number of rotatable bonds is 2. The van der Waals surface area contributed by atoms with Crippen LogP contribution in [0.5, 0.6) is 0 Å². The third-order valence-corrected chi connectivity index (χ3v) is 4.95. The molecule has 0 radical (unpaired) electrons. The monoisotopic (exact) mass is 319 g/mol. The normalized spacial score (nSPS) is 24.1. The van der Waals surface area contributed by atoms with Gasteiger partial charge in [-0.1, -0.05) is 0 Å². The quantitative estimate of drug-likeness (QED) is 0.828. The summed E-state index contributed by atoms with van der Waals surface area (Å²) < 4.78 is 0. The number of piperidine rings is 2. The summed E-state index contributed by atoms with van der Waals surface area (Å²) in [4.78, 5) is 31.6. The summed E-state index contributed by atoms with van der Waals surface area (Å²) >= 11 is 0. The van der Waals surface area contributed by atoms with Gasteiger partial charge >= 0.3 is 5.97 Å². The van der Waals surface area contributed by atoms with Crippen LogP contribution in [0.15, 0.2) is 18.3 Å². The van der Waals surface area contributed by atoms with Gasteiger partial charge in [0.1, 0.15) is 11.4 Å². The zero-order valence-electron chi connectivity index (χ0n) is 13.1. The smallest absolute Gasteiger partial charge is 0.339 e. The lowest BCUT2D eigenvalue weighted by atomic mass is 9.71. The van der Waals surface area contributed by atoms with Crippen LogP contribution in [0.3, 0.4) is 0 Å². The highest BCUT2D eigenvalue weighted by Crippen LogP contribution is 2.41. The van der Waals surface area contributed by atoms with E-state index in [1.165, 1.54) is 0 Å². The van der Waals surface area contributed by atoms with Gasteiger partial charge in [-0.25, -0.2) is 9.78 Å². The molecule has 3 rings (SSSR count). The molecule has 7 heteroatoms. The molecule has 1 spiro atoms. The topological polar surface area (TPSA) is 94.0 Å². The second-order valence-electron chi connectivity index (χ2n) is 6.49. The van der Waals surface area contributed by atoms with Gasteiger partial charge in [-0.3, -0.25) is 4.79 Å². The lowest BCUT2D eigenvalue weighted by molar-refractivity contribution is -0.152. The fraction of sp³-hybridized carbons (Fsp3) is 0.562. The van der Waals surface area contributed by atoms with Crippen molar-refractivity contribution in [3.8, 4) is 0 Å². The Balaban J connectivity index is 1.79. The molecular formula is C16H21N3O4. The van der Waals surface area contributed by atoms with Crippen LogP contribution in [0.4, 0.5) is 5.82 Å². The minimum absolute atomic E-state index is 0.0851. The Morgan fingerprint density at radius 3 is 2.74 bits per heavy atom. The zero-order chi connectivity index (χ0) is 16.6. The number of likely N-dealkylation sites (tertiary alicyclic amines) is 1. The standard InChI is InChI=1S/C16H21N3O4/c1-18-10-11(20)9-16(15(18)23)4-7-19(8-5-16)13-12(14(21)22)3-2-6-17-13/h2-3,6,11,20H,4-5,7-10H2,1H3,(H,21,22). The van der Waals surface area contributed by atoms with Gasteiger partial charge in [0, 0.05) is 32.9 Å². The number of carbonyl (C=O) groups is 2. The SMILES string of the molecule is CN1CC(O)CC2(CCN(c3ncccc3C(=O)O)CC2)C1=O. The largest absolute Gasteiger partial charge is 0.478 e. The van der Waals surface area contributed by atoms with Crippen molar-refractivity contribution in [1.82, 2.24) is 9.88 Å². The molecule has 0 aliphatic carbocycles. The molecule has 23 heavy (non-hydrogen) atoms. The number of anilines is 1. The predicted molar refractivity (Wildman–Crippen MR) is 83.3 cm³/mol. The zero-order valence-corrected chi connectivity index (χ0v) is 13.1. The molecule has 1 aromatic heterocycles. The van der Waals surface area contributed by atoms with Gasteiger partial charge < -0.3 is 20.0 Å². The molecule has 1 amide bonds. The lowest BCUT2D eigenvalue weighted by Crippen LogP contribution is -2.56. The Morgan fingerprint density at radius 2 is 2.09 bits per heavy atom. The number of pyridine rings is 1. The molecule has 2 saturated heterocycles. The highest BCUT2D eigenvalue weighted by atomic mass is 16.4. The first kappa shape index (κ1) is 15.7. The van der Waals surface area contributed by atoms with Crippen LogP contribution in [-0.2, 0) is 4.79 Å². The first-order valence-electron chi connectivity index (χ1n) is 7.80. The summed E-state index contributed by atoms with van der Waals surface area (Å²) in [7, 11) is 1.72. The van der Waals surface area contributed by atoms with Crippen LogP contribution in [0, 0.1) is 5.41 Å². The Hall–Kier alpha value is -2.15. The van der Waals surface area contributed by atoms with E-state index in [0.717, 1.165) is 0 Å². The molecule has 2 N–H and O–H groups in total. The number of amides is 1. The van der Waals surface area contributed by atoms with Crippen molar-refractivity contribution in [2.24, 2.45) is 5.41 Å². The highest BCUT2D eigenvalue weighted by molar-refractivity contribution is 5.93. The Labute approximate surface area is 134 Å². The number of nitrogens with zero attached hydrogens (tertiary/aromatic N) is 3. The van der Waals surface area contributed by atoms with E-state index in [9.17, 15) is 19.8 Å². The number of β-amino-alcohol motifs (C(OH)–C–C–N with tert-alkyl or cyclic N) is 1. The first-order valence-corrected chi connectivity index (χ1v) is 7.80. The van der Waals surface area contributed by atoms with E-state index in [1.54, 1.807) is 30.3 Å². The molecule has 7 nitrogen and oxygen atoms in total. The van der Waals surface area contributed by atoms with E-state index in [0.29, 0.717) is 44.7 Å². The lowest BCUT2D eigenvalue weighted by Gasteiger charge is -2.47. The Bertz CT molecular complexity index is 626. The molecule has 0 bridgehead atoms. The summed E-state index contributed by atoms with van der Waals surface area (Å²) in [6, 6.07) is 3.15. The Kier molecular flexibility index (Phi) is 3.97. The maximum Gasteiger partial charge on any atom is 0.339 e. The molecule has 2 aliphatic heterocycles. The number of hydrogen-bond acceptors (Lipinski definition) is 5. The van der Waals surface area contributed by atoms with E-state index < -0.39 is 17.5 Å². The fourth-order valence-corrected chi connectivity index (χ4v) is 3.79. The number of carbonyl (C=O) groups excluding carboxylic acids is 1.